The van der Waals surface area contributed by atoms with Gasteiger partial charge in [-0.2, -0.15) is 13.5 Å². The van der Waals surface area contributed by atoms with E-state index in [-0.39, 0.29) is 37.6 Å². The third-order valence-electron chi connectivity index (χ3n) is 8.49. The number of hydrogen-bond donors (Lipinski definition) is 2. The van der Waals surface area contributed by atoms with Crippen LogP contribution in [0.4, 0.5) is 5.82 Å². The molecule has 11 heteroatoms. The van der Waals surface area contributed by atoms with Crippen LogP contribution in [0.5, 0.6) is 5.75 Å². The number of nitrogens with zero attached hydrogens (tertiary/aromatic N) is 4. The SMILES string of the molecule is CCCC(=O)N1CCC(Nc2cc(C(=O)CC[C@H](O)CN3CCc4c(ccc(OCc5cnco5)c4C)C3)ccn2)CC1.S. The third kappa shape index (κ3) is 8.83. The summed E-state index contributed by atoms with van der Waals surface area (Å²) in [5.74, 6) is 2.44. The zero-order valence-electron chi connectivity index (χ0n) is 25.8. The number of ether oxygens (including phenoxy) is 1. The van der Waals surface area contributed by atoms with Crippen molar-refractivity contribution in [2.75, 3.05) is 31.5 Å². The molecule has 0 saturated carbocycles. The van der Waals surface area contributed by atoms with Gasteiger partial charge >= 0.3 is 0 Å². The van der Waals surface area contributed by atoms with Crippen LogP contribution in [-0.4, -0.2) is 74.9 Å². The molecule has 44 heavy (non-hydrogen) atoms. The molecule has 2 N–H and O–H groups in total. The van der Waals surface area contributed by atoms with Crippen LogP contribution in [0.1, 0.15) is 78.3 Å². The number of benzene rings is 1. The molecule has 0 radical (unpaired) electrons. The van der Waals surface area contributed by atoms with Crippen molar-refractivity contribution in [2.24, 2.45) is 0 Å². The number of aliphatic hydroxyl groups is 1. The van der Waals surface area contributed by atoms with E-state index in [0.29, 0.717) is 43.1 Å². The summed E-state index contributed by atoms with van der Waals surface area (Å²) < 4.78 is 11.2. The van der Waals surface area contributed by atoms with E-state index in [1.54, 1.807) is 24.5 Å². The molecule has 0 unspecified atom stereocenters. The number of nitrogens with one attached hydrogen (secondary N) is 1. The lowest BCUT2D eigenvalue weighted by molar-refractivity contribution is -0.132. The number of piperidine rings is 1. The number of likely N-dealkylation sites (tertiary alicyclic amines) is 1. The van der Waals surface area contributed by atoms with Gasteiger partial charge in [0.05, 0.1) is 12.3 Å². The molecule has 1 amide bonds. The molecule has 1 fully saturated rings. The van der Waals surface area contributed by atoms with Crippen LogP contribution < -0.4 is 10.1 Å². The highest BCUT2D eigenvalue weighted by molar-refractivity contribution is 7.59. The van der Waals surface area contributed by atoms with Gasteiger partial charge < -0.3 is 24.5 Å². The Morgan fingerprint density at radius 3 is 2.75 bits per heavy atom. The van der Waals surface area contributed by atoms with E-state index in [1.807, 2.05) is 17.9 Å². The van der Waals surface area contributed by atoms with Gasteiger partial charge in [0.2, 0.25) is 5.91 Å². The fourth-order valence-electron chi connectivity index (χ4n) is 6.02. The van der Waals surface area contributed by atoms with E-state index >= 15 is 0 Å². The third-order valence-corrected chi connectivity index (χ3v) is 8.49. The summed E-state index contributed by atoms with van der Waals surface area (Å²) in [6, 6.07) is 7.86. The molecule has 3 aromatic rings. The van der Waals surface area contributed by atoms with Gasteiger partial charge in [-0.3, -0.25) is 14.5 Å². The maximum Gasteiger partial charge on any atom is 0.222 e. The fraction of sp³-hybridized carbons (Fsp3) is 0.515. The second-order valence-electron chi connectivity index (χ2n) is 11.7. The van der Waals surface area contributed by atoms with E-state index in [1.165, 1.54) is 17.5 Å². The quantitative estimate of drug-likeness (QED) is 0.262. The first kappa shape index (κ1) is 33.5. The molecule has 238 valence electrons. The zero-order chi connectivity index (χ0) is 30.2. The maximum absolute atomic E-state index is 13.0. The number of carbonyl (C=O) groups is 2. The van der Waals surface area contributed by atoms with Crippen molar-refractivity contribution < 1.29 is 23.8 Å². The fourth-order valence-corrected chi connectivity index (χ4v) is 6.02. The molecule has 10 nitrogen and oxygen atoms in total. The van der Waals surface area contributed by atoms with Gasteiger partial charge in [0.25, 0.3) is 0 Å². The highest BCUT2D eigenvalue weighted by Gasteiger charge is 2.24. The molecule has 0 aliphatic carbocycles. The van der Waals surface area contributed by atoms with Crippen LogP contribution in [0.25, 0.3) is 0 Å². The summed E-state index contributed by atoms with van der Waals surface area (Å²) in [4.78, 5) is 37.7. The Morgan fingerprint density at radius 2 is 2.00 bits per heavy atom. The van der Waals surface area contributed by atoms with E-state index < -0.39 is 6.10 Å². The molecule has 0 bridgehead atoms. The smallest absolute Gasteiger partial charge is 0.222 e. The molecule has 2 aliphatic rings. The Labute approximate surface area is 266 Å². The number of anilines is 1. The standard InChI is InChI=1S/C33H43N5O5.H2S/c1-3-4-33(41)38-15-10-26(11-16-38)36-32-17-24(9-13-35-32)30(40)7-6-27(39)20-37-14-12-29-23(2)31(8-5-25(29)19-37)42-21-28-18-34-22-43-28;/h5,8-9,13,17-18,22,26-27,39H,3-4,6-7,10-12,14-16,19-21H2,1-2H3,(H,35,36);1H2/t27-;/m0./s1. The van der Waals surface area contributed by atoms with Crippen molar-refractivity contribution in [1.82, 2.24) is 19.8 Å². The highest BCUT2D eigenvalue weighted by atomic mass is 32.1. The van der Waals surface area contributed by atoms with Crippen molar-refractivity contribution in [3.8, 4) is 5.75 Å². The number of amides is 1. The van der Waals surface area contributed by atoms with Crippen molar-refractivity contribution in [3.63, 3.8) is 0 Å². The van der Waals surface area contributed by atoms with E-state index in [2.05, 4.69) is 33.2 Å². The molecular weight excluding hydrogens is 578 g/mol. The van der Waals surface area contributed by atoms with Gasteiger partial charge in [-0.1, -0.05) is 13.0 Å². The van der Waals surface area contributed by atoms with Crippen LogP contribution in [0.15, 0.2) is 47.5 Å². The number of aliphatic hydroxyl groups excluding tert-OH is 1. The van der Waals surface area contributed by atoms with Gasteiger partial charge in [-0.05, 0) is 73.9 Å². The number of ketones is 1. The lowest BCUT2D eigenvalue weighted by Gasteiger charge is -2.32. The zero-order valence-corrected chi connectivity index (χ0v) is 26.8. The average Bonchev–Trinajstić information content (AvgIpc) is 3.54. The van der Waals surface area contributed by atoms with Crippen molar-refractivity contribution >= 4 is 31.0 Å². The molecular formula is C33H45N5O5S. The maximum atomic E-state index is 13.0. The lowest BCUT2D eigenvalue weighted by Crippen LogP contribution is -2.42. The molecule has 4 heterocycles. The van der Waals surface area contributed by atoms with E-state index in [9.17, 15) is 14.7 Å². The first-order valence-electron chi connectivity index (χ1n) is 15.4. The molecule has 2 aliphatic heterocycles. The monoisotopic (exact) mass is 623 g/mol. The molecule has 0 spiro atoms. The molecule has 1 aromatic carbocycles. The Balaban J connectivity index is 0.00000442. The number of fused-ring (bicyclic) bond motifs is 1. The minimum atomic E-state index is -0.587. The van der Waals surface area contributed by atoms with Gasteiger partial charge in [-0.25, -0.2) is 9.97 Å². The second-order valence-corrected chi connectivity index (χ2v) is 11.7. The minimum Gasteiger partial charge on any atom is -0.485 e. The largest absolute Gasteiger partial charge is 0.485 e. The van der Waals surface area contributed by atoms with Gasteiger partial charge in [0.1, 0.15) is 18.2 Å². The highest BCUT2D eigenvalue weighted by Crippen LogP contribution is 2.30. The number of β-amino-alcohol motifs (C(OH)–C–C–N with tert-alkyl or cyclic N) is 1. The summed E-state index contributed by atoms with van der Waals surface area (Å²) in [5, 5.41) is 14.2. The number of carbonyl (C=O) groups excluding carboxylic acids is 2. The molecule has 2 aromatic heterocycles. The van der Waals surface area contributed by atoms with Crippen molar-refractivity contribution in [3.05, 3.63) is 71.1 Å². The number of pyridine rings is 1. The number of aromatic nitrogens is 2. The topological polar surface area (TPSA) is 121 Å². The van der Waals surface area contributed by atoms with E-state index in [0.717, 1.165) is 63.2 Å². The van der Waals surface area contributed by atoms with Crippen LogP contribution in [0.2, 0.25) is 0 Å². The van der Waals surface area contributed by atoms with Crippen LogP contribution in [0, 0.1) is 6.92 Å². The normalized spacial score (nSPS) is 16.1. The summed E-state index contributed by atoms with van der Waals surface area (Å²) >= 11 is 0. The lowest BCUT2D eigenvalue weighted by atomic mass is 9.94. The van der Waals surface area contributed by atoms with Crippen molar-refractivity contribution in [1.29, 1.82) is 0 Å². The predicted octanol–water partition coefficient (Wildman–Crippen LogP) is 4.65. The van der Waals surface area contributed by atoms with E-state index in [4.69, 9.17) is 9.15 Å². The number of Topliss-reactive ketones (excluding diaryl/α,β-unsaturated/α-hetero) is 1. The minimum absolute atomic E-state index is 0. The van der Waals surface area contributed by atoms with Gasteiger partial charge in [0.15, 0.2) is 17.9 Å². The summed E-state index contributed by atoms with van der Waals surface area (Å²) in [5.41, 5.74) is 4.29. The Kier molecular flexibility index (Phi) is 12.2. The van der Waals surface area contributed by atoms with Crippen molar-refractivity contribution in [2.45, 2.75) is 84.1 Å². The van der Waals surface area contributed by atoms with Crippen LogP contribution >= 0.6 is 13.5 Å². The number of oxazole rings is 1. The predicted molar refractivity (Wildman–Crippen MR) is 173 cm³/mol. The number of rotatable bonds is 13. The Bertz CT molecular complexity index is 1380. The summed E-state index contributed by atoms with van der Waals surface area (Å²) in [7, 11) is 0. The van der Waals surface area contributed by atoms with Crippen LogP contribution in [0.3, 0.4) is 0 Å². The summed E-state index contributed by atoms with van der Waals surface area (Å²) in [6.07, 6.45) is 8.89. The summed E-state index contributed by atoms with van der Waals surface area (Å²) in [6.45, 7) is 8.07. The first-order chi connectivity index (χ1) is 20.9. The Hall–Kier alpha value is -3.41. The first-order valence-corrected chi connectivity index (χ1v) is 15.4. The Morgan fingerprint density at radius 1 is 1.18 bits per heavy atom. The number of hydrogen-bond acceptors (Lipinski definition) is 9. The molecule has 1 atom stereocenters. The molecule has 1 saturated heterocycles. The molecule has 5 rings (SSSR count). The van der Waals surface area contributed by atoms with Crippen LogP contribution in [-0.2, 0) is 24.4 Å². The van der Waals surface area contributed by atoms with Gasteiger partial charge in [-0.15, -0.1) is 0 Å². The average molecular weight is 624 g/mol. The van der Waals surface area contributed by atoms with Gasteiger partial charge in [0, 0.05) is 63.4 Å². The second kappa shape index (κ2) is 16.1.